The summed E-state index contributed by atoms with van der Waals surface area (Å²) >= 11 is 0. The van der Waals surface area contributed by atoms with Crippen LogP contribution in [0.1, 0.15) is 89.6 Å². The molecule has 0 fully saturated rings. The van der Waals surface area contributed by atoms with E-state index >= 15 is 0 Å². The van der Waals surface area contributed by atoms with Gasteiger partial charge in [-0.3, -0.25) is 18.2 Å². The minimum atomic E-state index is -0.226. The Hall–Kier alpha value is -12.5. The standard InChI is InChI=1S/C47H34N8.C47H36N8.2Pt/c1-46(2)33-24-22-30(26-41(33)55-43(47(46,3)4)32(28-48-55)29-14-6-5-7-15-29)52-42-27-31(23-25-40(42)54-37-19-11-9-17-35(37)50-45(52)54)51-38-20-12-13-21-39(38)53-36-18-10-8-16-34(36)49-44(51)53;1-29(2)35-15-12-16-36(30(3)4)45(35)31-27-48-51(28-31)32-13-11-14-33(25-32)53-44-26-34(23-24-43(44)55-40-20-8-6-18-38(40)50-47(53)55)52-41-21-9-10-22-42(41)54-39-19-7-5-17-37(39)49-46(52)54;;/h5-25,28H,1-4H3;5-24,27-30H,1-4H3;;/q2*-2;2*+2. The Morgan fingerprint density at radius 2 is 0.723 bits per heavy atom. The van der Waals surface area contributed by atoms with Gasteiger partial charge in [0.25, 0.3) is 0 Å². The van der Waals surface area contributed by atoms with Crippen LogP contribution < -0.4 is 0 Å². The fourth-order valence-corrected chi connectivity index (χ4v) is 17.6. The van der Waals surface area contributed by atoms with E-state index in [9.17, 15) is 0 Å². The molecule has 0 atom stereocenters. The minimum absolute atomic E-state index is 0. The van der Waals surface area contributed by atoms with Crippen LogP contribution in [0.15, 0.2) is 267 Å². The maximum Gasteiger partial charge on any atom is 2.00 e. The molecule has 0 N–H and O–H groups in total. The Bertz CT molecular complexity index is 7550. The zero-order valence-electron chi connectivity index (χ0n) is 62.3. The summed E-state index contributed by atoms with van der Waals surface area (Å²) in [6, 6.07) is 102. The fourth-order valence-electron chi connectivity index (χ4n) is 17.6. The van der Waals surface area contributed by atoms with Crippen LogP contribution in [0.5, 0.6) is 0 Å². The van der Waals surface area contributed by atoms with E-state index in [1.165, 1.54) is 27.9 Å². The first-order valence-electron chi connectivity index (χ1n) is 37.6. The molecular formula is C94H70N16Pt2. The zero-order chi connectivity index (χ0) is 73.7. The van der Waals surface area contributed by atoms with Gasteiger partial charge < -0.3 is 27.1 Å². The molecule has 0 bridgehead atoms. The quantitative estimate of drug-likeness (QED) is 0.133. The predicted octanol–water partition coefficient (Wildman–Crippen LogP) is 21.1. The molecule has 0 unspecified atom stereocenters. The van der Waals surface area contributed by atoms with Gasteiger partial charge in [-0.05, 0) is 146 Å². The molecule has 22 aromatic rings. The first-order valence-corrected chi connectivity index (χ1v) is 37.6. The van der Waals surface area contributed by atoms with Crippen molar-refractivity contribution in [1.82, 2.24) is 75.4 Å². The van der Waals surface area contributed by atoms with Gasteiger partial charge >= 0.3 is 42.1 Å². The Kier molecular flexibility index (Phi) is 15.7. The molecule has 16 nitrogen and oxygen atoms in total. The number of rotatable bonds is 9. The van der Waals surface area contributed by atoms with Crippen LogP contribution in [0.2, 0.25) is 0 Å². The molecule has 546 valence electrons. The van der Waals surface area contributed by atoms with E-state index in [4.69, 9.17) is 30.1 Å². The molecular weight excluding hydrogens is 1740 g/mol. The molecule has 0 saturated carbocycles. The van der Waals surface area contributed by atoms with E-state index in [1.54, 1.807) is 0 Å². The van der Waals surface area contributed by atoms with Crippen molar-refractivity contribution in [3.8, 4) is 56.4 Å². The molecule has 23 rings (SSSR count). The van der Waals surface area contributed by atoms with Gasteiger partial charge in [-0.25, -0.2) is 19.9 Å². The monoisotopic (exact) mass is 1810 g/mol. The predicted molar refractivity (Wildman–Crippen MR) is 440 cm³/mol. The van der Waals surface area contributed by atoms with Gasteiger partial charge in [0.2, 0.25) is 23.1 Å². The number of fused-ring (bicyclic) bond motifs is 23. The summed E-state index contributed by atoms with van der Waals surface area (Å²) in [5.74, 6) is 4.05. The maximum atomic E-state index is 5.24. The molecule has 18 heteroatoms. The van der Waals surface area contributed by atoms with Crippen LogP contribution in [0.25, 0.3) is 168 Å². The SMILES string of the molecule is CC(C)c1cccc(C(C)C)c1-c1cnn(-c2[c-]c(-n3c4[c-]c(-n5c6ccccc6n6c7ccccc7nc56)ccc4n4c5ccccc5nc34)ccc2)c1.CC1(C)c2ccc(-n3c4[c-]c(-n5c6ccccc6n6c7ccccc7nc56)ccc4n4c5ccccc5nc34)[c-]c2-n2ncc(-c3ccccc3)c2C1(C)C.[Pt+2].[Pt+2]. The third kappa shape index (κ3) is 9.86. The van der Waals surface area contributed by atoms with Gasteiger partial charge in [0.05, 0.1) is 84.3 Å². The summed E-state index contributed by atoms with van der Waals surface area (Å²) in [7, 11) is 0. The van der Waals surface area contributed by atoms with Crippen molar-refractivity contribution in [3.05, 3.63) is 314 Å². The second-order valence-electron chi connectivity index (χ2n) is 30.7. The van der Waals surface area contributed by atoms with E-state index in [-0.39, 0.29) is 53.0 Å². The normalized spacial score (nSPS) is 13.3. The van der Waals surface area contributed by atoms with E-state index in [2.05, 4.69) is 351 Å². The molecule has 112 heavy (non-hydrogen) atoms. The number of nitrogens with zero attached hydrogens (tertiary/aromatic N) is 16. The summed E-state index contributed by atoms with van der Waals surface area (Å²) in [5, 5.41) is 9.98. The molecule has 12 aromatic carbocycles. The summed E-state index contributed by atoms with van der Waals surface area (Å²) < 4.78 is 21.8. The van der Waals surface area contributed by atoms with E-state index in [1.807, 2.05) is 41.3 Å². The molecule has 10 aromatic heterocycles. The molecule has 1 aliphatic rings. The van der Waals surface area contributed by atoms with Gasteiger partial charge in [0, 0.05) is 22.7 Å². The van der Waals surface area contributed by atoms with Crippen molar-refractivity contribution in [3.63, 3.8) is 0 Å². The van der Waals surface area contributed by atoms with Crippen LogP contribution in [0.4, 0.5) is 0 Å². The van der Waals surface area contributed by atoms with Crippen molar-refractivity contribution in [2.24, 2.45) is 0 Å². The van der Waals surface area contributed by atoms with Crippen molar-refractivity contribution >= 4 is 111 Å². The molecule has 0 spiro atoms. The molecule has 0 radical (unpaired) electrons. The second kappa shape index (κ2) is 25.5. The van der Waals surface area contributed by atoms with Crippen molar-refractivity contribution < 1.29 is 42.1 Å². The van der Waals surface area contributed by atoms with Crippen molar-refractivity contribution in [1.29, 1.82) is 0 Å². The first-order chi connectivity index (χ1) is 53.7. The molecule has 11 heterocycles. The number of aromatic nitrogens is 16. The van der Waals surface area contributed by atoms with Crippen LogP contribution in [-0.2, 0) is 53.0 Å². The zero-order valence-corrected chi connectivity index (χ0v) is 66.9. The topological polar surface area (TPSA) is 125 Å². The molecule has 1 aliphatic heterocycles. The van der Waals surface area contributed by atoms with Gasteiger partial charge in [0.1, 0.15) is 0 Å². The average molecular weight is 1810 g/mol. The largest absolute Gasteiger partial charge is 2.00 e. The van der Waals surface area contributed by atoms with Gasteiger partial charge in [-0.1, -0.05) is 199 Å². The Morgan fingerprint density at radius 3 is 1.21 bits per heavy atom. The Balaban J connectivity index is 0.000000143. The van der Waals surface area contributed by atoms with Crippen LogP contribution >= 0.6 is 0 Å². The van der Waals surface area contributed by atoms with Gasteiger partial charge in [0.15, 0.2) is 0 Å². The van der Waals surface area contributed by atoms with E-state index < -0.39 is 0 Å². The smallest absolute Gasteiger partial charge is 0.332 e. The molecule has 0 amide bonds. The molecule has 0 aliphatic carbocycles. The summed E-state index contributed by atoms with van der Waals surface area (Å²) in [6.07, 6.45) is 6.14. The number of benzene rings is 12. The van der Waals surface area contributed by atoms with Crippen molar-refractivity contribution in [2.45, 2.75) is 78.1 Å². The number of hydrogen-bond acceptors (Lipinski definition) is 6. The van der Waals surface area contributed by atoms with Gasteiger partial charge in [-0.2, -0.15) is 22.3 Å². The number of hydrogen-bond donors (Lipinski definition) is 0. The first kappa shape index (κ1) is 68.8. The van der Waals surface area contributed by atoms with E-state index in [0.29, 0.717) is 11.8 Å². The average Bonchev–Trinajstić information content (AvgIpc) is 1.61. The van der Waals surface area contributed by atoms with Crippen LogP contribution in [0.3, 0.4) is 0 Å². The van der Waals surface area contributed by atoms with Crippen LogP contribution in [0, 0.1) is 24.3 Å². The molecule has 0 saturated heterocycles. The third-order valence-corrected chi connectivity index (χ3v) is 23.4. The summed E-state index contributed by atoms with van der Waals surface area (Å²) in [4.78, 5) is 20.7. The van der Waals surface area contributed by atoms with Crippen molar-refractivity contribution in [2.75, 3.05) is 0 Å². The summed E-state index contributed by atoms with van der Waals surface area (Å²) in [5.41, 5.74) is 30.7. The number of para-hydroxylation sites is 12. The Morgan fingerprint density at radius 1 is 0.321 bits per heavy atom. The van der Waals surface area contributed by atoms with Gasteiger partial charge in [-0.15, -0.1) is 72.3 Å². The second-order valence-corrected chi connectivity index (χ2v) is 30.7. The Labute approximate surface area is 672 Å². The summed E-state index contributed by atoms with van der Waals surface area (Å²) in [6.45, 7) is 18.4. The fraction of sp³-hybridized carbons (Fsp3) is 0.128. The third-order valence-electron chi connectivity index (χ3n) is 23.4. The maximum absolute atomic E-state index is 5.24. The van der Waals surface area contributed by atoms with Crippen LogP contribution in [-0.4, -0.2) is 75.4 Å². The minimum Gasteiger partial charge on any atom is -0.332 e. The van der Waals surface area contributed by atoms with E-state index in [0.717, 1.165) is 162 Å². The number of imidazole rings is 8.